The Morgan fingerprint density at radius 1 is 1.07 bits per heavy atom. The monoisotopic (exact) mass is 420 g/mol. The standard InChI is InChI=1S/C22H20N4O3S/c27-19-12-16-4-2-1-3-15(16)11-18(19)21(29)25-7-5-24(6-8-25)14-17-13-20(28)26-9-10-30-22(26)23-17/h1-4,9-13,27H,5-8,14H2. The van der Waals surface area contributed by atoms with Crippen molar-refractivity contribution in [2.75, 3.05) is 26.2 Å². The van der Waals surface area contributed by atoms with Gasteiger partial charge in [-0.05, 0) is 22.9 Å². The fourth-order valence-electron chi connectivity index (χ4n) is 3.88. The average molecular weight is 420 g/mol. The number of piperazine rings is 1. The Morgan fingerprint density at radius 3 is 2.57 bits per heavy atom. The van der Waals surface area contributed by atoms with Crippen LogP contribution in [-0.2, 0) is 6.54 Å². The third-order valence-corrected chi connectivity index (χ3v) is 6.25. The highest BCUT2D eigenvalue weighted by molar-refractivity contribution is 7.15. The SMILES string of the molecule is O=C(c1cc2ccccc2cc1O)N1CCN(Cc2cc(=O)n3ccsc3n2)CC1. The number of aromatic hydroxyl groups is 1. The summed E-state index contributed by atoms with van der Waals surface area (Å²) in [7, 11) is 0. The largest absolute Gasteiger partial charge is 0.507 e. The number of hydrogen-bond donors (Lipinski definition) is 1. The molecule has 1 aliphatic heterocycles. The van der Waals surface area contributed by atoms with Gasteiger partial charge in [-0.3, -0.25) is 18.9 Å². The number of carbonyl (C=O) groups is 1. The summed E-state index contributed by atoms with van der Waals surface area (Å²) in [5, 5.41) is 14.0. The second kappa shape index (κ2) is 7.55. The molecule has 0 aliphatic carbocycles. The highest BCUT2D eigenvalue weighted by Crippen LogP contribution is 2.26. The van der Waals surface area contributed by atoms with E-state index >= 15 is 0 Å². The second-order valence-corrected chi connectivity index (χ2v) is 8.30. The minimum Gasteiger partial charge on any atom is -0.507 e. The summed E-state index contributed by atoms with van der Waals surface area (Å²) in [6.45, 7) is 3.07. The molecular weight excluding hydrogens is 400 g/mol. The molecule has 0 unspecified atom stereocenters. The predicted octanol–water partition coefficient (Wildman–Crippen LogP) is 2.57. The maximum atomic E-state index is 13.0. The van der Waals surface area contributed by atoms with E-state index in [9.17, 15) is 14.7 Å². The predicted molar refractivity (Wildman–Crippen MR) is 116 cm³/mol. The third kappa shape index (κ3) is 3.44. The van der Waals surface area contributed by atoms with Crippen molar-refractivity contribution < 1.29 is 9.90 Å². The Balaban J connectivity index is 1.28. The van der Waals surface area contributed by atoms with Crippen molar-refractivity contribution in [2.24, 2.45) is 0 Å². The molecule has 0 spiro atoms. The van der Waals surface area contributed by atoms with Crippen LogP contribution in [-0.4, -0.2) is 56.4 Å². The highest BCUT2D eigenvalue weighted by atomic mass is 32.1. The molecule has 1 aliphatic rings. The number of fused-ring (bicyclic) bond motifs is 2. The lowest BCUT2D eigenvalue weighted by Crippen LogP contribution is -2.48. The maximum Gasteiger partial charge on any atom is 0.258 e. The average Bonchev–Trinajstić information content (AvgIpc) is 3.22. The van der Waals surface area contributed by atoms with Gasteiger partial charge in [0.25, 0.3) is 11.5 Å². The zero-order valence-electron chi connectivity index (χ0n) is 16.2. The number of phenols is 1. The van der Waals surface area contributed by atoms with Crippen molar-refractivity contribution in [2.45, 2.75) is 6.54 Å². The maximum absolute atomic E-state index is 13.0. The first-order valence-electron chi connectivity index (χ1n) is 9.78. The number of hydrogen-bond acceptors (Lipinski definition) is 6. The van der Waals surface area contributed by atoms with Gasteiger partial charge in [-0.25, -0.2) is 4.98 Å². The van der Waals surface area contributed by atoms with E-state index in [0.717, 1.165) is 16.5 Å². The Kier molecular flexibility index (Phi) is 4.72. The zero-order chi connectivity index (χ0) is 20.7. The van der Waals surface area contributed by atoms with Crippen molar-refractivity contribution >= 4 is 33.0 Å². The molecule has 0 saturated carbocycles. The number of carbonyl (C=O) groups excluding carboxylic acids is 1. The summed E-state index contributed by atoms with van der Waals surface area (Å²) in [6.07, 6.45) is 1.73. The van der Waals surface area contributed by atoms with Gasteiger partial charge in [0.05, 0.1) is 11.3 Å². The number of benzene rings is 2. The second-order valence-electron chi connectivity index (χ2n) is 7.43. The van der Waals surface area contributed by atoms with E-state index in [0.29, 0.717) is 43.2 Å². The quantitative estimate of drug-likeness (QED) is 0.551. The Morgan fingerprint density at radius 2 is 1.80 bits per heavy atom. The van der Waals surface area contributed by atoms with Gasteiger partial charge in [0.1, 0.15) is 5.75 Å². The Labute approximate surface area is 176 Å². The van der Waals surface area contributed by atoms with Crippen molar-refractivity contribution in [3.63, 3.8) is 0 Å². The molecule has 1 fully saturated rings. The van der Waals surface area contributed by atoms with Crippen LogP contribution in [0.3, 0.4) is 0 Å². The first-order valence-corrected chi connectivity index (χ1v) is 10.7. The van der Waals surface area contributed by atoms with Crippen LogP contribution in [0.25, 0.3) is 15.7 Å². The van der Waals surface area contributed by atoms with Gasteiger partial charge in [-0.2, -0.15) is 0 Å². The van der Waals surface area contributed by atoms with E-state index in [4.69, 9.17) is 0 Å². The molecule has 1 saturated heterocycles. The van der Waals surface area contributed by atoms with E-state index in [-0.39, 0.29) is 17.2 Å². The smallest absolute Gasteiger partial charge is 0.258 e. The fraction of sp³-hybridized carbons (Fsp3) is 0.227. The molecule has 0 radical (unpaired) electrons. The van der Waals surface area contributed by atoms with Gasteiger partial charge >= 0.3 is 0 Å². The highest BCUT2D eigenvalue weighted by Gasteiger charge is 2.24. The van der Waals surface area contributed by atoms with E-state index in [2.05, 4.69) is 9.88 Å². The summed E-state index contributed by atoms with van der Waals surface area (Å²) in [5.41, 5.74) is 1.01. The Bertz CT molecular complexity index is 1300. The summed E-state index contributed by atoms with van der Waals surface area (Å²) in [5.74, 6) is -0.149. The molecule has 1 N–H and O–H groups in total. The molecule has 1 amide bonds. The molecule has 30 heavy (non-hydrogen) atoms. The summed E-state index contributed by atoms with van der Waals surface area (Å²) >= 11 is 1.44. The lowest BCUT2D eigenvalue weighted by atomic mass is 10.0. The molecule has 0 atom stereocenters. The fourth-order valence-corrected chi connectivity index (χ4v) is 4.62. The van der Waals surface area contributed by atoms with Crippen LogP contribution >= 0.6 is 11.3 Å². The van der Waals surface area contributed by atoms with Gasteiger partial charge in [0, 0.05) is 50.4 Å². The van der Waals surface area contributed by atoms with E-state index < -0.39 is 0 Å². The summed E-state index contributed by atoms with van der Waals surface area (Å²) in [4.78, 5) is 34.4. The van der Waals surface area contributed by atoms with E-state index in [1.54, 1.807) is 33.7 Å². The topological polar surface area (TPSA) is 78.2 Å². The van der Waals surface area contributed by atoms with Crippen LogP contribution < -0.4 is 5.56 Å². The first-order chi connectivity index (χ1) is 14.6. The van der Waals surface area contributed by atoms with Gasteiger partial charge in [0.2, 0.25) is 0 Å². The molecule has 3 heterocycles. The minimum atomic E-state index is -0.158. The van der Waals surface area contributed by atoms with Crippen LogP contribution in [0, 0.1) is 0 Å². The minimum absolute atomic E-state index is 0.00931. The van der Waals surface area contributed by atoms with Crippen LogP contribution in [0.15, 0.2) is 58.8 Å². The van der Waals surface area contributed by atoms with Crippen LogP contribution in [0.1, 0.15) is 16.1 Å². The number of amides is 1. The van der Waals surface area contributed by atoms with Crippen molar-refractivity contribution in [1.29, 1.82) is 0 Å². The molecule has 152 valence electrons. The molecule has 8 heteroatoms. The van der Waals surface area contributed by atoms with Gasteiger partial charge in [0.15, 0.2) is 4.96 Å². The first kappa shape index (κ1) is 18.8. The van der Waals surface area contributed by atoms with Gasteiger partial charge in [-0.1, -0.05) is 24.3 Å². The molecule has 7 nitrogen and oxygen atoms in total. The number of aromatic nitrogens is 2. The van der Waals surface area contributed by atoms with Crippen LogP contribution in [0.2, 0.25) is 0 Å². The number of nitrogens with zero attached hydrogens (tertiary/aromatic N) is 4. The number of thiazole rings is 1. The zero-order valence-corrected chi connectivity index (χ0v) is 17.0. The van der Waals surface area contributed by atoms with E-state index in [1.807, 2.05) is 29.6 Å². The Hall–Kier alpha value is -3.23. The molecular formula is C22H20N4O3S. The van der Waals surface area contributed by atoms with Crippen LogP contribution in [0.5, 0.6) is 5.75 Å². The molecule has 4 aromatic rings. The van der Waals surface area contributed by atoms with Crippen molar-refractivity contribution in [1.82, 2.24) is 19.2 Å². The lowest BCUT2D eigenvalue weighted by molar-refractivity contribution is 0.0624. The van der Waals surface area contributed by atoms with Crippen molar-refractivity contribution in [3.8, 4) is 5.75 Å². The lowest BCUT2D eigenvalue weighted by Gasteiger charge is -2.34. The number of phenolic OH excluding ortho intramolecular Hbond substituents is 1. The van der Waals surface area contributed by atoms with Gasteiger partial charge < -0.3 is 10.0 Å². The summed E-state index contributed by atoms with van der Waals surface area (Å²) in [6, 6.07) is 12.6. The number of rotatable bonds is 3. The molecule has 2 aromatic carbocycles. The van der Waals surface area contributed by atoms with Gasteiger partial charge in [-0.15, -0.1) is 11.3 Å². The van der Waals surface area contributed by atoms with Crippen molar-refractivity contribution in [3.05, 3.63) is 75.7 Å². The third-order valence-electron chi connectivity index (χ3n) is 5.50. The molecule has 5 rings (SSSR count). The molecule has 2 aromatic heterocycles. The van der Waals surface area contributed by atoms with E-state index in [1.165, 1.54) is 11.3 Å². The van der Waals surface area contributed by atoms with Crippen LogP contribution in [0.4, 0.5) is 0 Å². The molecule has 0 bridgehead atoms. The normalized spacial score (nSPS) is 15.1. The summed E-state index contributed by atoms with van der Waals surface area (Å²) < 4.78 is 1.54.